The lowest BCUT2D eigenvalue weighted by Crippen LogP contribution is -2.60. The quantitative estimate of drug-likeness (QED) is 0.0307. The second kappa shape index (κ2) is 31.6. The van der Waals surface area contributed by atoms with E-state index in [1.807, 2.05) is 6.08 Å². The zero-order valence-corrected chi connectivity index (χ0v) is 31.5. The maximum absolute atomic E-state index is 12.8. The molecule has 0 aromatic rings. The van der Waals surface area contributed by atoms with Gasteiger partial charge in [0, 0.05) is 6.42 Å². The van der Waals surface area contributed by atoms with Crippen molar-refractivity contribution in [3.63, 3.8) is 0 Å². The first kappa shape index (κ1) is 46.0. The second-order valence-electron chi connectivity index (χ2n) is 14.4. The first-order chi connectivity index (χ1) is 23.8. The number of allylic oxidation sites excluding steroid dienone is 1. The first-order valence-electron chi connectivity index (χ1n) is 20.4. The number of ether oxygens (including phenoxy) is 2. The van der Waals surface area contributed by atoms with Crippen LogP contribution in [-0.4, -0.2) is 87.5 Å². The third-order valence-electron chi connectivity index (χ3n) is 9.86. The van der Waals surface area contributed by atoms with Crippen molar-refractivity contribution in [1.29, 1.82) is 0 Å². The van der Waals surface area contributed by atoms with Crippen LogP contribution >= 0.6 is 0 Å². The van der Waals surface area contributed by atoms with Crippen LogP contribution in [0.25, 0.3) is 0 Å². The number of hydrogen-bond donors (Lipinski definition) is 6. The highest BCUT2D eigenvalue weighted by atomic mass is 16.7. The summed E-state index contributed by atoms with van der Waals surface area (Å²) in [6, 6.07) is -0.794. The van der Waals surface area contributed by atoms with Crippen LogP contribution < -0.4 is 5.32 Å². The lowest BCUT2D eigenvalue weighted by atomic mass is 9.99. The van der Waals surface area contributed by atoms with Gasteiger partial charge in [-0.1, -0.05) is 167 Å². The molecule has 0 radical (unpaired) electrons. The van der Waals surface area contributed by atoms with Crippen LogP contribution in [0.2, 0.25) is 0 Å². The van der Waals surface area contributed by atoms with Crippen molar-refractivity contribution in [3.05, 3.63) is 12.2 Å². The maximum atomic E-state index is 12.8. The summed E-state index contributed by atoms with van der Waals surface area (Å²) in [7, 11) is 0. The van der Waals surface area contributed by atoms with E-state index in [4.69, 9.17) is 9.47 Å². The van der Waals surface area contributed by atoms with Crippen LogP contribution in [0.5, 0.6) is 0 Å². The van der Waals surface area contributed by atoms with Gasteiger partial charge in [0.15, 0.2) is 6.29 Å². The molecule has 7 atom stereocenters. The predicted octanol–water partition coefficient (Wildman–Crippen LogP) is 7.39. The molecule has 1 rings (SSSR count). The molecule has 0 aliphatic carbocycles. The monoisotopic (exact) mass is 700 g/mol. The first-order valence-corrected chi connectivity index (χ1v) is 20.4. The minimum absolute atomic E-state index is 0.182. The number of aliphatic hydroxyl groups is 5. The van der Waals surface area contributed by atoms with E-state index in [-0.39, 0.29) is 12.5 Å². The van der Waals surface area contributed by atoms with Gasteiger partial charge in [-0.2, -0.15) is 0 Å². The average molecular weight is 700 g/mol. The van der Waals surface area contributed by atoms with Gasteiger partial charge < -0.3 is 40.3 Å². The largest absolute Gasteiger partial charge is 0.394 e. The number of hydrogen-bond acceptors (Lipinski definition) is 8. The van der Waals surface area contributed by atoms with Crippen molar-refractivity contribution < 1.29 is 39.8 Å². The Balaban J connectivity index is 2.19. The van der Waals surface area contributed by atoms with Gasteiger partial charge in [0.2, 0.25) is 5.91 Å². The highest BCUT2D eigenvalue weighted by Gasteiger charge is 2.44. The highest BCUT2D eigenvalue weighted by Crippen LogP contribution is 2.22. The Morgan fingerprint density at radius 2 is 1.12 bits per heavy atom. The predicted molar refractivity (Wildman–Crippen MR) is 198 cm³/mol. The van der Waals surface area contributed by atoms with Gasteiger partial charge in [0.1, 0.15) is 24.4 Å². The molecule has 1 heterocycles. The highest BCUT2D eigenvalue weighted by molar-refractivity contribution is 5.76. The standard InChI is InChI=1S/C40H77NO8/c1-3-5-7-9-10-11-12-13-14-15-16-17-18-19-20-21-22-23-24-26-28-30-36(44)41-33(34(43)29-27-25-8-6-4-2)32-48-40-39(47)38(46)37(45)35(31-42)49-40/h27,29,33-35,37-40,42-43,45-47H,3-26,28,30-32H2,1-2H3,(H,41,44)/b29-27+. The molecule has 0 bridgehead atoms. The summed E-state index contributed by atoms with van der Waals surface area (Å²) < 4.78 is 11.1. The summed E-state index contributed by atoms with van der Waals surface area (Å²) in [5.41, 5.74) is 0. The minimum atomic E-state index is -1.56. The summed E-state index contributed by atoms with van der Waals surface area (Å²) in [5.74, 6) is -0.182. The van der Waals surface area contributed by atoms with E-state index in [2.05, 4.69) is 19.2 Å². The van der Waals surface area contributed by atoms with E-state index in [9.17, 15) is 30.3 Å². The molecule has 290 valence electrons. The smallest absolute Gasteiger partial charge is 0.220 e. The van der Waals surface area contributed by atoms with Gasteiger partial charge >= 0.3 is 0 Å². The van der Waals surface area contributed by atoms with Crippen LogP contribution in [-0.2, 0) is 14.3 Å². The molecular weight excluding hydrogens is 622 g/mol. The molecule has 6 N–H and O–H groups in total. The SMILES string of the molecule is CCCCC/C=C/C(O)C(COC1OC(CO)C(O)C(O)C1O)NC(=O)CCCCCCCCCCCCCCCCCCCCCCC. The molecule has 1 aliphatic rings. The number of rotatable bonds is 33. The molecule has 0 spiro atoms. The fourth-order valence-corrected chi connectivity index (χ4v) is 6.51. The molecular formula is C40H77NO8. The van der Waals surface area contributed by atoms with E-state index < -0.39 is 49.5 Å². The fourth-order valence-electron chi connectivity index (χ4n) is 6.51. The Morgan fingerprint density at radius 3 is 1.59 bits per heavy atom. The van der Waals surface area contributed by atoms with Crippen molar-refractivity contribution in [2.75, 3.05) is 13.2 Å². The second-order valence-corrected chi connectivity index (χ2v) is 14.4. The normalized spacial score (nSPS) is 22.5. The zero-order valence-electron chi connectivity index (χ0n) is 31.5. The molecule has 7 unspecified atom stereocenters. The Hall–Kier alpha value is -1.07. The summed E-state index contributed by atoms with van der Waals surface area (Å²) in [5, 5.41) is 53.5. The number of carbonyl (C=O) groups excluding carboxylic acids is 1. The summed E-state index contributed by atoms with van der Waals surface area (Å²) in [4.78, 5) is 12.8. The lowest BCUT2D eigenvalue weighted by molar-refractivity contribution is -0.302. The molecule has 1 fully saturated rings. The Labute approximate surface area is 299 Å². The van der Waals surface area contributed by atoms with Crippen LogP contribution in [0.4, 0.5) is 0 Å². The molecule has 1 saturated heterocycles. The van der Waals surface area contributed by atoms with E-state index in [0.29, 0.717) is 6.42 Å². The Kier molecular flexibility index (Phi) is 29.7. The summed E-state index contributed by atoms with van der Waals surface area (Å²) in [6.45, 7) is 3.66. The van der Waals surface area contributed by atoms with Crippen molar-refractivity contribution in [3.8, 4) is 0 Å². The third-order valence-corrected chi connectivity index (χ3v) is 9.86. The fraction of sp³-hybridized carbons (Fsp3) is 0.925. The minimum Gasteiger partial charge on any atom is -0.394 e. The molecule has 0 aromatic carbocycles. The van der Waals surface area contributed by atoms with Crippen LogP contribution in [0.3, 0.4) is 0 Å². The van der Waals surface area contributed by atoms with Crippen molar-refractivity contribution in [2.45, 2.75) is 224 Å². The lowest BCUT2D eigenvalue weighted by Gasteiger charge is -2.40. The maximum Gasteiger partial charge on any atom is 0.220 e. The number of nitrogens with one attached hydrogen (secondary N) is 1. The molecule has 49 heavy (non-hydrogen) atoms. The van der Waals surface area contributed by atoms with Gasteiger partial charge in [-0.25, -0.2) is 0 Å². The zero-order chi connectivity index (χ0) is 36.0. The average Bonchev–Trinajstić information content (AvgIpc) is 3.10. The number of unbranched alkanes of at least 4 members (excludes halogenated alkanes) is 23. The van der Waals surface area contributed by atoms with E-state index in [0.717, 1.165) is 44.9 Å². The van der Waals surface area contributed by atoms with E-state index in [1.165, 1.54) is 116 Å². The number of amides is 1. The molecule has 9 nitrogen and oxygen atoms in total. The molecule has 1 aliphatic heterocycles. The van der Waals surface area contributed by atoms with E-state index >= 15 is 0 Å². The molecule has 9 heteroatoms. The van der Waals surface area contributed by atoms with Crippen LogP contribution in [0, 0.1) is 0 Å². The topological polar surface area (TPSA) is 149 Å². The molecule has 0 saturated carbocycles. The van der Waals surface area contributed by atoms with Gasteiger partial charge in [0.05, 0.1) is 25.4 Å². The Bertz CT molecular complexity index is 781. The van der Waals surface area contributed by atoms with Crippen LogP contribution in [0.15, 0.2) is 12.2 Å². The summed E-state index contributed by atoms with van der Waals surface area (Å²) in [6.07, 6.45) is 27.4. The van der Waals surface area contributed by atoms with Crippen LogP contribution in [0.1, 0.15) is 181 Å². The third kappa shape index (κ3) is 23.2. The number of carbonyl (C=O) groups is 1. The molecule has 0 aromatic heterocycles. The molecule has 1 amide bonds. The summed E-state index contributed by atoms with van der Waals surface area (Å²) >= 11 is 0. The van der Waals surface area contributed by atoms with Crippen molar-refractivity contribution in [1.82, 2.24) is 5.32 Å². The van der Waals surface area contributed by atoms with Crippen molar-refractivity contribution in [2.24, 2.45) is 0 Å². The van der Waals surface area contributed by atoms with Gasteiger partial charge in [-0.3, -0.25) is 4.79 Å². The van der Waals surface area contributed by atoms with E-state index in [1.54, 1.807) is 6.08 Å². The number of aliphatic hydroxyl groups excluding tert-OH is 5. The Morgan fingerprint density at radius 1 is 0.673 bits per heavy atom. The van der Waals surface area contributed by atoms with Crippen molar-refractivity contribution >= 4 is 5.91 Å². The van der Waals surface area contributed by atoms with Gasteiger partial charge in [0.25, 0.3) is 0 Å². The van der Waals surface area contributed by atoms with Gasteiger partial charge in [-0.05, 0) is 19.3 Å². The van der Waals surface area contributed by atoms with Gasteiger partial charge in [-0.15, -0.1) is 0 Å².